The standard InChI is InChI=1S/C14H16N2OS/c1-10(14-15-7-9-18-14)16-12-6-8-17-13-5-3-2-4-11(12)13/h2-5,7,9-10,12,16H,6,8H2,1H3. The van der Waals surface area contributed by atoms with E-state index in [1.165, 1.54) is 5.56 Å². The quantitative estimate of drug-likeness (QED) is 0.919. The lowest BCUT2D eigenvalue weighted by atomic mass is 10.00. The first-order valence-corrected chi connectivity index (χ1v) is 7.10. The van der Waals surface area contributed by atoms with Crippen molar-refractivity contribution in [1.29, 1.82) is 0 Å². The number of ether oxygens (including phenoxy) is 1. The van der Waals surface area contributed by atoms with Gasteiger partial charge in [0.2, 0.25) is 0 Å². The van der Waals surface area contributed by atoms with E-state index in [-0.39, 0.29) is 6.04 Å². The molecule has 0 amide bonds. The summed E-state index contributed by atoms with van der Waals surface area (Å²) in [7, 11) is 0. The number of fused-ring (bicyclic) bond motifs is 1. The van der Waals surface area contributed by atoms with E-state index in [0.717, 1.165) is 23.8 Å². The number of nitrogens with one attached hydrogen (secondary N) is 1. The van der Waals surface area contributed by atoms with Gasteiger partial charge in [-0.2, -0.15) is 0 Å². The molecule has 18 heavy (non-hydrogen) atoms. The molecule has 2 heterocycles. The van der Waals surface area contributed by atoms with Crippen molar-refractivity contribution < 1.29 is 4.74 Å². The maximum atomic E-state index is 5.67. The third kappa shape index (κ3) is 2.26. The highest BCUT2D eigenvalue weighted by atomic mass is 32.1. The van der Waals surface area contributed by atoms with Gasteiger partial charge in [0.15, 0.2) is 0 Å². The summed E-state index contributed by atoms with van der Waals surface area (Å²) in [5.74, 6) is 1.01. The topological polar surface area (TPSA) is 34.1 Å². The molecule has 0 fully saturated rings. The Morgan fingerprint density at radius 1 is 1.44 bits per heavy atom. The molecule has 2 unspecified atom stereocenters. The molecule has 3 nitrogen and oxygen atoms in total. The average Bonchev–Trinajstić information content (AvgIpc) is 2.93. The van der Waals surface area contributed by atoms with Crippen LogP contribution in [0.1, 0.15) is 36.0 Å². The van der Waals surface area contributed by atoms with E-state index in [1.807, 2.05) is 23.7 Å². The van der Waals surface area contributed by atoms with E-state index in [0.29, 0.717) is 6.04 Å². The summed E-state index contributed by atoms with van der Waals surface area (Å²) < 4.78 is 5.67. The zero-order chi connectivity index (χ0) is 12.4. The molecule has 0 aliphatic carbocycles. The fraction of sp³-hybridized carbons (Fsp3) is 0.357. The first kappa shape index (κ1) is 11.7. The molecule has 4 heteroatoms. The van der Waals surface area contributed by atoms with Gasteiger partial charge in [-0.15, -0.1) is 11.3 Å². The van der Waals surface area contributed by atoms with E-state index >= 15 is 0 Å². The van der Waals surface area contributed by atoms with Crippen LogP contribution in [0.15, 0.2) is 35.8 Å². The molecule has 2 atom stereocenters. The minimum absolute atomic E-state index is 0.279. The number of para-hydroxylation sites is 1. The Morgan fingerprint density at radius 3 is 3.17 bits per heavy atom. The monoisotopic (exact) mass is 260 g/mol. The smallest absolute Gasteiger partial charge is 0.124 e. The summed E-state index contributed by atoms with van der Waals surface area (Å²) in [5, 5.41) is 6.80. The number of aromatic nitrogens is 1. The molecule has 2 aromatic rings. The van der Waals surface area contributed by atoms with Crippen molar-refractivity contribution >= 4 is 11.3 Å². The minimum atomic E-state index is 0.279. The van der Waals surface area contributed by atoms with Crippen LogP contribution < -0.4 is 10.1 Å². The van der Waals surface area contributed by atoms with Crippen molar-refractivity contribution in [2.24, 2.45) is 0 Å². The fourth-order valence-electron chi connectivity index (χ4n) is 2.34. The van der Waals surface area contributed by atoms with Crippen molar-refractivity contribution in [2.45, 2.75) is 25.4 Å². The van der Waals surface area contributed by atoms with E-state index in [2.05, 4.69) is 29.4 Å². The first-order chi connectivity index (χ1) is 8.84. The van der Waals surface area contributed by atoms with Crippen molar-refractivity contribution in [3.8, 4) is 5.75 Å². The van der Waals surface area contributed by atoms with Crippen molar-refractivity contribution in [2.75, 3.05) is 6.61 Å². The predicted molar refractivity (Wildman–Crippen MR) is 73.0 cm³/mol. The molecular formula is C14H16N2OS. The van der Waals surface area contributed by atoms with Gasteiger partial charge in [0, 0.05) is 29.6 Å². The first-order valence-electron chi connectivity index (χ1n) is 6.22. The molecular weight excluding hydrogens is 244 g/mol. The Bertz CT molecular complexity index is 512. The summed E-state index contributed by atoms with van der Waals surface area (Å²) >= 11 is 1.70. The van der Waals surface area contributed by atoms with Gasteiger partial charge in [0.25, 0.3) is 0 Å². The molecule has 1 aromatic heterocycles. The lowest BCUT2D eigenvalue weighted by Gasteiger charge is -2.28. The summed E-state index contributed by atoms with van der Waals surface area (Å²) in [6.45, 7) is 2.94. The minimum Gasteiger partial charge on any atom is -0.493 e. The Kier molecular flexibility index (Phi) is 3.30. The Balaban J connectivity index is 1.78. The van der Waals surface area contributed by atoms with E-state index < -0.39 is 0 Å². The summed E-state index contributed by atoms with van der Waals surface area (Å²) in [6.07, 6.45) is 2.86. The molecule has 0 radical (unpaired) electrons. The number of hydrogen-bond acceptors (Lipinski definition) is 4. The maximum absolute atomic E-state index is 5.67. The largest absolute Gasteiger partial charge is 0.493 e. The molecule has 1 N–H and O–H groups in total. The highest BCUT2D eigenvalue weighted by Crippen LogP contribution is 2.33. The lowest BCUT2D eigenvalue weighted by molar-refractivity contribution is 0.246. The van der Waals surface area contributed by atoms with Crippen LogP contribution in [-0.4, -0.2) is 11.6 Å². The third-order valence-electron chi connectivity index (χ3n) is 3.23. The van der Waals surface area contributed by atoms with Crippen LogP contribution in [0.5, 0.6) is 5.75 Å². The average molecular weight is 260 g/mol. The van der Waals surface area contributed by atoms with Gasteiger partial charge in [0.1, 0.15) is 10.8 Å². The van der Waals surface area contributed by atoms with Gasteiger partial charge in [-0.1, -0.05) is 18.2 Å². The van der Waals surface area contributed by atoms with Crippen LogP contribution in [0.2, 0.25) is 0 Å². The van der Waals surface area contributed by atoms with Gasteiger partial charge < -0.3 is 10.1 Å². The zero-order valence-corrected chi connectivity index (χ0v) is 11.1. The van der Waals surface area contributed by atoms with Crippen molar-refractivity contribution in [1.82, 2.24) is 10.3 Å². The lowest BCUT2D eigenvalue weighted by Crippen LogP contribution is -2.29. The molecule has 0 saturated heterocycles. The number of rotatable bonds is 3. The molecule has 1 aliphatic rings. The molecule has 94 valence electrons. The molecule has 1 aromatic carbocycles. The van der Waals surface area contributed by atoms with Crippen LogP contribution in [0.25, 0.3) is 0 Å². The zero-order valence-electron chi connectivity index (χ0n) is 10.3. The molecule has 0 bridgehead atoms. The van der Waals surface area contributed by atoms with Gasteiger partial charge in [-0.25, -0.2) is 4.98 Å². The second-order valence-corrected chi connectivity index (χ2v) is 5.41. The number of hydrogen-bond donors (Lipinski definition) is 1. The molecule has 3 rings (SSSR count). The summed E-state index contributed by atoms with van der Waals surface area (Å²) in [4.78, 5) is 4.36. The predicted octanol–water partition coefficient (Wildman–Crippen LogP) is 3.32. The van der Waals surface area contributed by atoms with Crippen LogP contribution in [0, 0.1) is 0 Å². The van der Waals surface area contributed by atoms with Gasteiger partial charge in [-0.3, -0.25) is 0 Å². The Labute approximate surface area is 111 Å². The Morgan fingerprint density at radius 2 is 2.33 bits per heavy atom. The van der Waals surface area contributed by atoms with Gasteiger partial charge >= 0.3 is 0 Å². The van der Waals surface area contributed by atoms with E-state index in [1.54, 1.807) is 11.3 Å². The number of nitrogens with zero attached hydrogens (tertiary/aromatic N) is 1. The highest BCUT2D eigenvalue weighted by molar-refractivity contribution is 7.09. The number of benzene rings is 1. The maximum Gasteiger partial charge on any atom is 0.124 e. The van der Waals surface area contributed by atoms with Crippen LogP contribution in [0.4, 0.5) is 0 Å². The Hall–Kier alpha value is -1.39. The second kappa shape index (κ2) is 5.08. The molecule has 0 spiro atoms. The normalized spacial score (nSPS) is 19.9. The second-order valence-electron chi connectivity index (χ2n) is 4.49. The summed E-state index contributed by atoms with van der Waals surface area (Å²) in [5.41, 5.74) is 1.26. The SMILES string of the molecule is CC(NC1CCOc2ccccc21)c1nccs1. The summed E-state index contributed by atoms with van der Waals surface area (Å²) in [6, 6.07) is 8.90. The van der Waals surface area contributed by atoms with Gasteiger partial charge in [-0.05, 0) is 13.0 Å². The fourth-order valence-corrected chi connectivity index (χ4v) is 2.99. The van der Waals surface area contributed by atoms with E-state index in [4.69, 9.17) is 4.74 Å². The van der Waals surface area contributed by atoms with Crippen LogP contribution >= 0.6 is 11.3 Å². The molecule has 1 aliphatic heterocycles. The van der Waals surface area contributed by atoms with Gasteiger partial charge in [0.05, 0.1) is 12.6 Å². The molecule has 0 saturated carbocycles. The van der Waals surface area contributed by atoms with Crippen molar-refractivity contribution in [3.63, 3.8) is 0 Å². The third-order valence-corrected chi connectivity index (χ3v) is 4.19. The number of thiazole rings is 1. The van der Waals surface area contributed by atoms with Crippen molar-refractivity contribution in [3.05, 3.63) is 46.4 Å². The van der Waals surface area contributed by atoms with Crippen LogP contribution in [0.3, 0.4) is 0 Å². The van der Waals surface area contributed by atoms with E-state index in [9.17, 15) is 0 Å². The van der Waals surface area contributed by atoms with Crippen LogP contribution in [-0.2, 0) is 0 Å². The highest BCUT2D eigenvalue weighted by Gasteiger charge is 2.23.